The van der Waals surface area contributed by atoms with Crippen molar-refractivity contribution in [3.63, 3.8) is 0 Å². The lowest BCUT2D eigenvalue weighted by molar-refractivity contribution is 0.0121. The Kier molecular flexibility index (Phi) is 8.56. The van der Waals surface area contributed by atoms with Crippen molar-refractivity contribution in [1.29, 1.82) is 0 Å². The lowest BCUT2D eigenvalue weighted by Crippen LogP contribution is -2.51. The summed E-state index contributed by atoms with van der Waals surface area (Å²) in [6.45, 7) is 15.7. The molecule has 8 heteroatoms. The summed E-state index contributed by atoms with van der Waals surface area (Å²) in [7, 11) is -2.00. The molecule has 0 bridgehead atoms. The zero-order valence-electron chi connectivity index (χ0n) is 20.8. The third-order valence-electron chi connectivity index (χ3n) is 5.51. The highest BCUT2D eigenvalue weighted by molar-refractivity contribution is 6.70. The molecule has 1 aliphatic carbocycles. The van der Waals surface area contributed by atoms with Gasteiger partial charge in [0.15, 0.2) is 14.1 Å². The van der Waals surface area contributed by atoms with Crippen LogP contribution in [0.2, 0.25) is 24.7 Å². The van der Waals surface area contributed by atoms with Gasteiger partial charge in [-0.2, -0.15) is 0 Å². The van der Waals surface area contributed by atoms with E-state index in [1.54, 1.807) is 12.3 Å². The second kappa shape index (κ2) is 10.2. The molecular formula is C24H39ClN2O4Si. The minimum Gasteiger partial charge on any atom is -0.444 e. The summed E-state index contributed by atoms with van der Waals surface area (Å²) in [6, 6.07) is 1.72. The maximum absolute atomic E-state index is 13.6. The third-order valence-corrected chi connectivity index (χ3v) is 6.83. The van der Waals surface area contributed by atoms with Gasteiger partial charge < -0.3 is 14.5 Å². The fourth-order valence-corrected chi connectivity index (χ4v) is 6.11. The van der Waals surface area contributed by atoms with E-state index < -0.39 is 25.6 Å². The summed E-state index contributed by atoms with van der Waals surface area (Å²) in [5.41, 5.74) is -0.158. The van der Waals surface area contributed by atoms with Gasteiger partial charge in [-0.3, -0.25) is 9.78 Å². The van der Waals surface area contributed by atoms with E-state index in [9.17, 15) is 9.59 Å². The topological polar surface area (TPSA) is 77.5 Å². The molecule has 1 fully saturated rings. The molecule has 1 aromatic rings. The average Bonchev–Trinajstić information content (AvgIpc) is 2.60. The number of aryl methyl sites for hydroxylation is 1. The highest BCUT2D eigenvalue weighted by Gasteiger charge is 2.46. The van der Waals surface area contributed by atoms with E-state index in [1.807, 2.05) is 34.6 Å². The summed E-state index contributed by atoms with van der Waals surface area (Å²) < 4.78 is 11.9. The van der Waals surface area contributed by atoms with Gasteiger partial charge in [-0.1, -0.05) is 11.6 Å². The van der Waals surface area contributed by atoms with Crippen molar-refractivity contribution >= 4 is 31.8 Å². The minimum absolute atomic E-state index is 0.00768. The van der Waals surface area contributed by atoms with Crippen LogP contribution in [0.3, 0.4) is 0 Å². The number of nitrogens with zero attached hydrogens (tertiary/aromatic N) is 1. The van der Waals surface area contributed by atoms with E-state index >= 15 is 0 Å². The van der Waals surface area contributed by atoms with Crippen LogP contribution in [-0.2, 0) is 9.16 Å². The molecule has 1 atom stereocenters. The molecule has 6 nitrogen and oxygen atoms in total. The molecule has 1 amide bonds. The van der Waals surface area contributed by atoms with E-state index in [0.29, 0.717) is 29.3 Å². The predicted molar refractivity (Wildman–Crippen MR) is 131 cm³/mol. The quantitative estimate of drug-likeness (QED) is 0.364. The van der Waals surface area contributed by atoms with Crippen molar-refractivity contribution in [2.45, 2.75) is 104 Å². The molecule has 0 aliphatic heterocycles. The van der Waals surface area contributed by atoms with Crippen LogP contribution in [-0.4, -0.2) is 42.4 Å². The zero-order chi connectivity index (χ0) is 24.3. The number of alkyl carbamates (subject to hydrolysis) is 1. The smallest absolute Gasteiger partial charge is 0.407 e. The number of carbonyl (C=O) groups is 2. The van der Waals surface area contributed by atoms with Gasteiger partial charge in [0.25, 0.3) is 0 Å². The fourth-order valence-electron chi connectivity index (χ4n) is 4.35. The Hall–Kier alpha value is -1.44. The number of Topliss-reactive ketones (excluding diaryl/α,β-unsaturated/α-hetero) is 1. The molecule has 1 N–H and O–H groups in total. The van der Waals surface area contributed by atoms with Crippen molar-refractivity contribution in [2.75, 3.05) is 0 Å². The highest BCUT2D eigenvalue weighted by atomic mass is 35.5. The summed E-state index contributed by atoms with van der Waals surface area (Å²) in [5.74, 6) is 0.341. The maximum atomic E-state index is 13.6. The second-order valence-corrected chi connectivity index (χ2v) is 15.9. The standard InChI is InChI=1S/C24H39ClN2O4Si/c1-16-14-20(25)19(15-26-16)21(28)24(31-32(6,7)8)11-9-18(10-12-24)13-17(2)27-22(29)30-23(3,4)5/h14-15,17-18H,9-13H2,1-8H3,(H,27,29)/t17-,18?,24?/m0/s1. The number of hydrogen-bond donors (Lipinski definition) is 1. The number of halogens is 1. The van der Waals surface area contributed by atoms with Crippen molar-refractivity contribution in [3.8, 4) is 0 Å². The first-order valence-corrected chi connectivity index (χ1v) is 15.3. The lowest BCUT2D eigenvalue weighted by Gasteiger charge is -2.43. The maximum Gasteiger partial charge on any atom is 0.407 e. The molecule has 1 heterocycles. The zero-order valence-corrected chi connectivity index (χ0v) is 22.6. The molecule has 1 aromatic heterocycles. The van der Waals surface area contributed by atoms with Gasteiger partial charge in [-0.15, -0.1) is 0 Å². The number of aromatic nitrogens is 1. The van der Waals surface area contributed by atoms with Crippen molar-refractivity contribution < 1.29 is 18.8 Å². The van der Waals surface area contributed by atoms with E-state index in [2.05, 4.69) is 29.9 Å². The van der Waals surface area contributed by atoms with Crippen LogP contribution in [0.5, 0.6) is 0 Å². The van der Waals surface area contributed by atoms with Gasteiger partial charge in [0.2, 0.25) is 0 Å². The monoisotopic (exact) mass is 482 g/mol. The third kappa shape index (κ3) is 7.85. The Labute approximate surface area is 198 Å². The predicted octanol–water partition coefficient (Wildman–Crippen LogP) is 6.31. The molecule has 0 saturated heterocycles. The number of hydrogen-bond acceptors (Lipinski definition) is 5. The number of carbonyl (C=O) groups excluding carboxylic acids is 2. The van der Waals surface area contributed by atoms with Crippen molar-refractivity contribution in [2.24, 2.45) is 5.92 Å². The molecule has 0 spiro atoms. The van der Waals surface area contributed by atoms with Crippen LogP contribution in [0.25, 0.3) is 0 Å². The van der Waals surface area contributed by atoms with Crippen LogP contribution in [0.1, 0.15) is 75.9 Å². The number of rotatable bonds is 7. The van der Waals surface area contributed by atoms with Crippen LogP contribution in [0.4, 0.5) is 4.79 Å². The Morgan fingerprint density at radius 2 is 1.88 bits per heavy atom. The molecule has 0 radical (unpaired) electrons. The van der Waals surface area contributed by atoms with Gasteiger partial charge in [-0.25, -0.2) is 4.79 Å². The first-order chi connectivity index (χ1) is 14.6. The van der Waals surface area contributed by atoms with Gasteiger partial charge >= 0.3 is 6.09 Å². The van der Waals surface area contributed by atoms with Gasteiger partial charge in [0.05, 0.1) is 10.6 Å². The largest absolute Gasteiger partial charge is 0.444 e. The number of ketones is 1. The Balaban J connectivity index is 2.08. The van der Waals surface area contributed by atoms with Crippen LogP contribution in [0, 0.1) is 12.8 Å². The van der Waals surface area contributed by atoms with E-state index in [0.717, 1.165) is 25.0 Å². The highest BCUT2D eigenvalue weighted by Crippen LogP contribution is 2.41. The first kappa shape index (κ1) is 26.8. The molecule has 0 unspecified atom stereocenters. The number of ether oxygens (including phenoxy) is 1. The Morgan fingerprint density at radius 3 is 2.38 bits per heavy atom. The lowest BCUT2D eigenvalue weighted by atomic mass is 9.73. The molecular weight excluding hydrogens is 444 g/mol. The first-order valence-electron chi connectivity index (χ1n) is 11.5. The van der Waals surface area contributed by atoms with Crippen LogP contribution >= 0.6 is 11.6 Å². The summed E-state index contributed by atoms with van der Waals surface area (Å²) in [5, 5.41) is 3.35. The number of nitrogens with one attached hydrogen (secondary N) is 1. The fraction of sp³-hybridized carbons (Fsp3) is 0.708. The van der Waals surface area contributed by atoms with Crippen LogP contribution in [0.15, 0.2) is 12.3 Å². The number of amides is 1. The normalized spacial score (nSPS) is 22.8. The van der Waals surface area contributed by atoms with Gasteiger partial charge in [-0.05, 0) is 98.3 Å². The van der Waals surface area contributed by atoms with E-state index in [1.165, 1.54) is 0 Å². The van der Waals surface area contributed by atoms with Gasteiger partial charge in [0, 0.05) is 17.9 Å². The molecule has 180 valence electrons. The summed E-state index contributed by atoms with van der Waals surface area (Å²) in [6.07, 6.45) is 5.01. The van der Waals surface area contributed by atoms with E-state index in [-0.39, 0.29) is 11.8 Å². The summed E-state index contributed by atoms with van der Waals surface area (Å²) in [4.78, 5) is 30.0. The van der Waals surface area contributed by atoms with Crippen molar-refractivity contribution in [3.05, 3.63) is 28.5 Å². The molecule has 1 saturated carbocycles. The van der Waals surface area contributed by atoms with Crippen LogP contribution < -0.4 is 5.32 Å². The number of pyridine rings is 1. The molecule has 2 rings (SSSR count). The molecule has 0 aromatic carbocycles. The second-order valence-electron chi connectivity index (χ2n) is 11.1. The SMILES string of the molecule is Cc1cc(Cl)c(C(=O)C2(O[Si](C)(C)C)CCC(C[C@H](C)NC(=O)OC(C)(C)C)CC2)cn1. The molecule has 32 heavy (non-hydrogen) atoms. The van der Waals surface area contributed by atoms with Crippen molar-refractivity contribution in [1.82, 2.24) is 10.3 Å². The Bertz CT molecular complexity index is 824. The van der Waals surface area contributed by atoms with Gasteiger partial charge in [0.1, 0.15) is 11.2 Å². The van der Waals surface area contributed by atoms with E-state index in [4.69, 9.17) is 20.8 Å². The Morgan fingerprint density at radius 1 is 1.28 bits per heavy atom. The summed E-state index contributed by atoms with van der Waals surface area (Å²) >= 11 is 6.41. The molecule has 1 aliphatic rings. The minimum atomic E-state index is -2.00. The average molecular weight is 483 g/mol.